The Balaban J connectivity index is 1.62. The fraction of sp³-hybridized carbons (Fsp3) is 0.0870. The molecule has 2 N–H and O–H groups in total. The minimum absolute atomic E-state index is 0.0757. The third-order valence-electron chi connectivity index (χ3n) is 5.27. The minimum Gasteiger partial charge on any atom is -0.495 e. The van der Waals surface area contributed by atoms with E-state index in [2.05, 4.69) is 25.4 Å². The van der Waals surface area contributed by atoms with Crippen LogP contribution in [0.3, 0.4) is 0 Å². The normalized spacial score (nSPS) is 11.3. The van der Waals surface area contributed by atoms with E-state index in [1.807, 2.05) is 0 Å². The maximum atomic E-state index is 13.2. The van der Waals surface area contributed by atoms with E-state index in [-0.39, 0.29) is 22.8 Å². The molecule has 0 aliphatic carbocycles. The van der Waals surface area contributed by atoms with Crippen molar-refractivity contribution in [3.8, 4) is 5.75 Å². The molecule has 1 heterocycles. The van der Waals surface area contributed by atoms with E-state index in [0.29, 0.717) is 15.6 Å². The molecule has 0 aliphatic rings. The van der Waals surface area contributed by atoms with E-state index in [1.165, 1.54) is 43.9 Å². The second-order valence-electron chi connectivity index (χ2n) is 7.92. The van der Waals surface area contributed by atoms with E-state index >= 15 is 0 Å². The number of hydrazone groups is 1. The quantitative estimate of drug-likeness (QED) is 0.147. The lowest BCUT2D eigenvalue weighted by molar-refractivity contribution is -0.387. The second-order valence-corrected chi connectivity index (χ2v) is 10.6. The summed E-state index contributed by atoms with van der Waals surface area (Å²) in [5.74, 6) is 0.242. The lowest BCUT2D eigenvalue weighted by atomic mass is 10.2. The fourth-order valence-corrected chi connectivity index (χ4v) is 5.45. The Morgan fingerprint density at radius 3 is 2.50 bits per heavy atom. The van der Waals surface area contributed by atoms with Crippen LogP contribution in [0.15, 0.2) is 87.0 Å². The lowest BCUT2D eigenvalue weighted by Gasteiger charge is -2.14. The summed E-state index contributed by atoms with van der Waals surface area (Å²) in [6, 6.07) is 13.8. The highest BCUT2D eigenvalue weighted by molar-refractivity contribution is 7.99. The summed E-state index contributed by atoms with van der Waals surface area (Å²) in [5, 5.41) is 35.1. The Morgan fingerprint density at radius 2 is 1.82 bits per heavy atom. The highest BCUT2D eigenvalue weighted by atomic mass is 32.2. The summed E-state index contributed by atoms with van der Waals surface area (Å²) in [6.45, 7) is 0. The van der Waals surface area contributed by atoms with Crippen LogP contribution in [-0.2, 0) is 17.1 Å². The molecule has 0 spiro atoms. The highest BCUT2D eigenvalue weighted by Crippen LogP contribution is 2.34. The van der Waals surface area contributed by atoms with Gasteiger partial charge in [-0.2, -0.15) is 5.10 Å². The average Bonchev–Trinajstić information content (AvgIpc) is 3.33. The van der Waals surface area contributed by atoms with Crippen LogP contribution in [0.2, 0.25) is 0 Å². The number of nitrogens with zero attached hydrogens (tertiary/aromatic N) is 6. The Hall–Kier alpha value is -5.03. The van der Waals surface area contributed by atoms with Gasteiger partial charge in [-0.1, -0.05) is 18.2 Å². The molecule has 0 radical (unpaired) electrons. The van der Waals surface area contributed by atoms with Gasteiger partial charge in [0.15, 0.2) is 5.16 Å². The number of methoxy groups -OCH3 is 1. The molecular formula is C23H20N8O7S2. The Morgan fingerprint density at radius 1 is 1.05 bits per heavy atom. The van der Waals surface area contributed by atoms with Crippen LogP contribution in [-0.4, -0.2) is 46.4 Å². The van der Waals surface area contributed by atoms with E-state index in [1.54, 1.807) is 35.9 Å². The molecular weight excluding hydrogens is 564 g/mol. The molecule has 4 rings (SSSR count). The molecule has 206 valence electrons. The zero-order valence-electron chi connectivity index (χ0n) is 20.8. The van der Waals surface area contributed by atoms with Crippen molar-refractivity contribution in [3.05, 3.63) is 92.8 Å². The van der Waals surface area contributed by atoms with Crippen molar-refractivity contribution in [1.29, 1.82) is 0 Å². The van der Waals surface area contributed by atoms with Crippen molar-refractivity contribution in [2.45, 2.75) is 14.9 Å². The number of para-hydroxylation sites is 2. The number of benzene rings is 3. The number of non-ortho nitro benzene ring substituents is 1. The molecule has 0 saturated carbocycles. The zero-order valence-corrected chi connectivity index (χ0v) is 22.4. The topological polar surface area (TPSA) is 197 Å². The number of hydrogen-bond donors (Lipinski definition) is 2. The van der Waals surface area contributed by atoms with Crippen molar-refractivity contribution in [3.63, 3.8) is 0 Å². The van der Waals surface area contributed by atoms with Gasteiger partial charge in [0.25, 0.3) is 21.4 Å². The van der Waals surface area contributed by atoms with E-state index < -0.39 is 30.5 Å². The number of rotatable bonds is 11. The molecule has 0 unspecified atom stereocenters. The summed E-state index contributed by atoms with van der Waals surface area (Å²) in [5.41, 5.74) is 2.28. The SMILES string of the molecule is COc1ccccc1NS(=O)(=O)c1cc([N+](=O)[O-])ccc1NN=Cc1ccc(Sc2nncn2C)c([N+](=O)[O-])c1. The number of hydrogen-bond acceptors (Lipinski definition) is 12. The van der Waals surface area contributed by atoms with Crippen LogP contribution in [0.1, 0.15) is 5.56 Å². The lowest BCUT2D eigenvalue weighted by Crippen LogP contribution is -2.15. The van der Waals surface area contributed by atoms with Crippen LogP contribution in [0.5, 0.6) is 5.75 Å². The third kappa shape index (κ3) is 6.33. The van der Waals surface area contributed by atoms with Gasteiger partial charge in [0.05, 0.1) is 39.4 Å². The van der Waals surface area contributed by atoms with Gasteiger partial charge in [-0.15, -0.1) is 10.2 Å². The molecule has 17 heteroatoms. The zero-order chi connectivity index (χ0) is 28.9. The Labute approximate surface area is 231 Å². The number of ether oxygens (including phenoxy) is 1. The highest BCUT2D eigenvalue weighted by Gasteiger charge is 2.24. The number of nitro groups is 2. The van der Waals surface area contributed by atoms with Crippen LogP contribution < -0.4 is 14.9 Å². The smallest absolute Gasteiger partial charge is 0.283 e. The average molecular weight is 585 g/mol. The molecule has 0 bridgehead atoms. The van der Waals surface area contributed by atoms with Gasteiger partial charge in [0.1, 0.15) is 17.0 Å². The molecule has 40 heavy (non-hydrogen) atoms. The Kier molecular flexibility index (Phi) is 8.25. The summed E-state index contributed by atoms with van der Waals surface area (Å²) < 4.78 is 35.6. The van der Waals surface area contributed by atoms with Crippen LogP contribution in [0, 0.1) is 20.2 Å². The summed E-state index contributed by atoms with van der Waals surface area (Å²) >= 11 is 1.07. The van der Waals surface area contributed by atoms with Crippen molar-refractivity contribution < 1.29 is 23.0 Å². The van der Waals surface area contributed by atoms with Gasteiger partial charge in [-0.05, 0) is 36.0 Å². The van der Waals surface area contributed by atoms with Crippen LogP contribution in [0.25, 0.3) is 0 Å². The summed E-state index contributed by atoms with van der Waals surface area (Å²) in [6.07, 6.45) is 2.72. The van der Waals surface area contributed by atoms with Gasteiger partial charge in [-0.3, -0.25) is 30.4 Å². The van der Waals surface area contributed by atoms with Gasteiger partial charge >= 0.3 is 0 Å². The first kappa shape index (κ1) is 28.0. The monoisotopic (exact) mass is 584 g/mol. The molecule has 0 atom stereocenters. The third-order valence-corrected chi connectivity index (χ3v) is 7.79. The molecule has 0 amide bonds. The number of sulfonamides is 1. The molecule has 0 aliphatic heterocycles. The standard InChI is InChI=1S/C23H20N8O7S2/c1-29-14-25-27-23(29)39-21-10-7-15(11-19(21)31(34)35)13-24-26-18-9-8-16(30(32)33)12-22(18)40(36,37)28-17-5-3-4-6-20(17)38-2/h3-14,26,28H,1-2H3. The van der Waals surface area contributed by atoms with Gasteiger partial charge in [-0.25, -0.2) is 8.42 Å². The van der Waals surface area contributed by atoms with Crippen molar-refractivity contribution >= 4 is 50.7 Å². The molecule has 3 aromatic carbocycles. The molecule has 1 aromatic heterocycles. The predicted molar refractivity (Wildman–Crippen MR) is 146 cm³/mol. The van der Waals surface area contributed by atoms with Crippen molar-refractivity contribution in [1.82, 2.24) is 14.8 Å². The molecule has 0 fully saturated rings. The van der Waals surface area contributed by atoms with E-state index in [4.69, 9.17) is 4.74 Å². The summed E-state index contributed by atoms with van der Waals surface area (Å²) in [7, 11) is -1.28. The van der Waals surface area contributed by atoms with Crippen molar-refractivity contribution in [2.24, 2.45) is 12.1 Å². The molecule has 0 saturated heterocycles. The number of aryl methyl sites for hydroxylation is 1. The summed E-state index contributed by atoms with van der Waals surface area (Å²) in [4.78, 5) is 21.6. The van der Waals surface area contributed by atoms with Gasteiger partial charge in [0, 0.05) is 30.8 Å². The number of nitrogens with one attached hydrogen (secondary N) is 2. The first-order valence-electron chi connectivity index (χ1n) is 11.1. The first-order chi connectivity index (χ1) is 19.1. The van der Waals surface area contributed by atoms with Crippen LogP contribution in [0.4, 0.5) is 22.7 Å². The fourth-order valence-electron chi connectivity index (χ4n) is 3.35. The first-order valence-corrected chi connectivity index (χ1v) is 13.4. The largest absolute Gasteiger partial charge is 0.495 e. The van der Waals surface area contributed by atoms with Gasteiger partial charge in [0.2, 0.25) is 0 Å². The van der Waals surface area contributed by atoms with Gasteiger partial charge < -0.3 is 9.30 Å². The van der Waals surface area contributed by atoms with E-state index in [0.717, 1.165) is 23.9 Å². The van der Waals surface area contributed by atoms with Crippen LogP contribution >= 0.6 is 11.8 Å². The second kappa shape index (κ2) is 11.8. The number of nitro benzene ring substituents is 2. The molecule has 4 aromatic rings. The molecule has 15 nitrogen and oxygen atoms in total. The number of anilines is 2. The maximum absolute atomic E-state index is 13.2. The van der Waals surface area contributed by atoms with E-state index in [9.17, 15) is 28.6 Å². The van der Waals surface area contributed by atoms with Crippen molar-refractivity contribution in [2.75, 3.05) is 17.3 Å². The maximum Gasteiger partial charge on any atom is 0.283 e. The Bertz CT molecular complexity index is 1720. The minimum atomic E-state index is -4.36. The number of aromatic nitrogens is 3. The predicted octanol–water partition coefficient (Wildman–Crippen LogP) is 4.04.